The van der Waals surface area contributed by atoms with E-state index in [1.807, 2.05) is 0 Å². The van der Waals surface area contributed by atoms with Crippen LogP contribution in [0.4, 0.5) is 17.6 Å². The number of hydrogen-bond donors (Lipinski definition) is 1. The number of alkyl halides is 3. The monoisotopic (exact) mass is 415 g/mol. The Morgan fingerprint density at radius 2 is 1.89 bits per heavy atom. The standard InChI is InChI=1S/C17H13F4N3O3S/c1-10-6-11(28(26,27)24-8-16(25,9-24)17(19,20)21)2-3-12(10)14-5-4-13(18)15(7-22)23-14/h2-6,25H,8-9H2,1H3. The van der Waals surface area contributed by atoms with Gasteiger partial charge in [-0.3, -0.25) is 0 Å². The predicted molar refractivity (Wildman–Crippen MR) is 88.8 cm³/mol. The predicted octanol–water partition coefficient (Wildman–Crippen LogP) is 2.37. The van der Waals surface area contributed by atoms with Gasteiger partial charge in [0.15, 0.2) is 17.1 Å². The number of pyridine rings is 1. The van der Waals surface area contributed by atoms with Crippen molar-refractivity contribution < 1.29 is 31.1 Å². The number of aryl methyl sites for hydroxylation is 1. The first-order valence-electron chi connectivity index (χ1n) is 7.86. The third-order valence-electron chi connectivity index (χ3n) is 4.47. The molecular weight excluding hydrogens is 402 g/mol. The molecule has 0 bridgehead atoms. The Kier molecular flexibility index (Phi) is 4.69. The Balaban J connectivity index is 1.90. The molecule has 1 fully saturated rings. The van der Waals surface area contributed by atoms with E-state index in [0.717, 1.165) is 6.07 Å². The number of halogens is 4. The number of benzene rings is 1. The summed E-state index contributed by atoms with van der Waals surface area (Å²) in [7, 11) is -4.23. The summed E-state index contributed by atoms with van der Waals surface area (Å²) in [6, 6.07) is 7.79. The van der Waals surface area contributed by atoms with Gasteiger partial charge >= 0.3 is 6.18 Å². The smallest absolute Gasteiger partial charge is 0.378 e. The van der Waals surface area contributed by atoms with Gasteiger partial charge in [-0.05, 0) is 36.8 Å². The molecule has 1 aliphatic heterocycles. The minimum absolute atomic E-state index is 0.245. The van der Waals surface area contributed by atoms with Crippen molar-refractivity contribution in [2.45, 2.75) is 23.6 Å². The largest absolute Gasteiger partial charge is 0.419 e. The second-order valence-corrected chi connectivity index (χ2v) is 8.36. The third kappa shape index (κ3) is 3.23. The third-order valence-corrected chi connectivity index (χ3v) is 6.25. The lowest BCUT2D eigenvalue weighted by Crippen LogP contribution is -2.70. The highest BCUT2D eigenvalue weighted by Crippen LogP contribution is 2.40. The molecule has 1 N–H and O–H groups in total. The SMILES string of the molecule is Cc1cc(S(=O)(=O)N2CC(O)(C(F)(F)F)C2)ccc1-c1ccc(F)c(C#N)n1. The molecule has 1 aliphatic rings. The fourth-order valence-corrected chi connectivity index (χ4v) is 4.42. The molecule has 0 saturated carbocycles. The Morgan fingerprint density at radius 3 is 2.43 bits per heavy atom. The number of hydrogen-bond acceptors (Lipinski definition) is 5. The molecule has 11 heteroatoms. The second kappa shape index (κ2) is 6.51. The first-order valence-corrected chi connectivity index (χ1v) is 9.30. The zero-order valence-corrected chi connectivity index (χ0v) is 15.1. The summed E-state index contributed by atoms with van der Waals surface area (Å²) in [5, 5.41) is 18.3. The summed E-state index contributed by atoms with van der Waals surface area (Å²) in [6.45, 7) is -0.608. The highest BCUT2D eigenvalue weighted by molar-refractivity contribution is 7.89. The number of nitrogens with zero attached hydrogens (tertiary/aromatic N) is 3. The van der Waals surface area contributed by atoms with Gasteiger partial charge in [-0.2, -0.15) is 22.7 Å². The first kappa shape index (κ1) is 20.2. The number of nitriles is 1. The molecule has 0 aliphatic carbocycles. The zero-order valence-electron chi connectivity index (χ0n) is 14.3. The maximum absolute atomic E-state index is 13.4. The molecule has 0 spiro atoms. The van der Waals surface area contributed by atoms with Crippen LogP contribution in [0.3, 0.4) is 0 Å². The summed E-state index contributed by atoms with van der Waals surface area (Å²) >= 11 is 0. The van der Waals surface area contributed by atoms with E-state index in [0.29, 0.717) is 15.4 Å². The van der Waals surface area contributed by atoms with Gasteiger partial charge in [-0.25, -0.2) is 17.8 Å². The van der Waals surface area contributed by atoms with E-state index in [-0.39, 0.29) is 10.6 Å². The number of aromatic nitrogens is 1. The van der Waals surface area contributed by atoms with Gasteiger partial charge in [-0.1, -0.05) is 6.07 Å². The van der Waals surface area contributed by atoms with Gasteiger partial charge in [0.25, 0.3) is 0 Å². The van der Waals surface area contributed by atoms with Crippen LogP contribution in [0.15, 0.2) is 35.2 Å². The number of β-amino-alcohol motifs (C(OH)–C–C–N with tert-alkyl or cyclic N) is 1. The van der Waals surface area contributed by atoms with Gasteiger partial charge in [0.05, 0.1) is 23.7 Å². The highest BCUT2D eigenvalue weighted by atomic mass is 32.2. The van der Waals surface area contributed by atoms with Crippen LogP contribution < -0.4 is 0 Å². The van der Waals surface area contributed by atoms with Crippen LogP contribution in [0.25, 0.3) is 11.3 Å². The molecule has 1 aromatic carbocycles. The maximum Gasteiger partial charge on any atom is 0.419 e. The maximum atomic E-state index is 13.4. The lowest BCUT2D eigenvalue weighted by molar-refractivity contribution is -0.290. The van der Waals surface area contributed by atoms with Crippen molar-refractivity contribution in [3.05, 3.63) is 47.4 Å². The van der Waals surface area contributed by atoms with Gasteiger partial charge in [0.2, 0.25) is 10.0 Å². The molecule has 0 atom stereocenters. The van der Waals surface area contributed by atoms with Crippen LogP contribution in [0.1, 0.15) is 11.3 Å². The highest BCUT2D eigenvalue weighted by Gasteiger charge is 2.63. The fourth-order valence-electron chi connectivity index (χ4n) is 2.79. The summed E-state index contributed by atoms with van der Waals surface area (Å²) in [5.74, 6) is -0.793. The molecule has 0 unspecified atom stereocenters. The lowest BCUT2D eigenvalue weighted by atomic mass is 9.97. The van der Waals surface area contributed by atoms with E-state index < -0.39 is 46.4 Å². The molecule has 148 valence electrons. The van der Waals surface area contributed by atoms with Gasteiger partial charge in [-0.15, -0.1) is 0 Å². The van der Waals surface area contributed by atoms with Crippen molar-refractivity contribution in [3.8, 4) is 17.3 Å². The summed E-state index contributed by atoms with van der Waals surface area (Å²) < 4.78 is 77.1. The van der Waals surface area contributed by atoms with Crippen molar-refractivity contribution in [1.29, 1.82) is 5.26 Å². The molecule has 0 radical (unpaired) electrons. The Hall–Kier alpha value is -2.55. The minimum Gasteiger partial charge on any atom is -0.378 e. The summed E-state index contributed by atoms with van der Waals surface area (Å²) in [5.41, 5.74) is -2.38. The molecule has 2 heterocycles. The van der Waals surface area contributed by atoms with E-state index in [9.17, 15) is 31.1 Å². The number of rotatable bonds is 3. The van der Waals surface area contributed by atoms with Gasteiger partial charge < -0.3 is 5.11 Å². The Labute approximate surface area is 157 Å². The van der Waals surface area contributed by atoms with Crippen molar-refractivity contribution in [2.75, 3.05) is 13.1 Å². The molecular formula is C17H13F4N3O3S. The molecule has 28 heavy (non-hydrogen) atoms. The van der Waals surface area contributed by atoms with E-state index in [2.05, 4.69) is 4.98 Å². The van der Waals surface area contributed by atoms with Crippen molar-refractivity contribution in [1.82, 2.24) is 9.29 Å². The average molecular weight is 415 g/mol. The van der Waals surface area contributed by atoms with Crippen molar-refractivity contribution >= 4 is 10.0 Å². The van der Waals surface area contributed by atoms with Crippen LogP contribution in [0.2, 0.25) is 0 Å². The van der Waals surface area contributed by atoms with Gasteiger partial charge in [0, 0.05) is 5.56 Å². The first-order chi connectivity index (χ1) is 12.9. The lowest BCUT2D eigenvalue weighted by Gasteiger charge is -2.45. The van der Waals surface area contributed by atoms with Crippen LogP contribution >= 0.6 is 0 Å². The van der Waals surface area contributed by atoms with Crippen LogP contribution in [-0.4, -0.2) is 47.7 Å². The second-order valence-electron chi connectivity index (χ2n) is 6.42. The molecule has 1 saturated heterocycles. The van der Waals surface area contributed by atoms with E-state index >= 15 is 0 Å². The molecule has 6 nitrogen and oxygen atoms in total. The summed E-state index contributed by atoms with van der Waals surface area (Å²) in [6.07, 6.45) is -4.93. The topological polar surface area (TPSA) is 94.3 Å². The zero-order chi connectivity index (χ0) is 20.9. The van der Waals surface area contributed by atoms with Crippen LogP contribution in [0.5, 0.6) is 0 Å². The van der Waals surface area contributed by atoms with E-state index in [4.69, 9.17) is 5.26 Å². The fraction of sp³-hybridized carbons (Fsp3) is 0.294. The van der Waals surface area contributed by atoms with Crippen molar-refractivity contribution in [2.24, 2.45) is 0 Å². The molecule has 0 amide bonds. The van der Waals surface area contributed by atoms with Crippen LogP contribution in [-0.2, 0) is 10.0 Å². The minimum atomic E-state index is -4.93. The molecule has 3 rings (SSSR count). The van der Waals surface area contributed by atoms with Crippen molar-refractivity contribution in [3.63, 3.8) is 0 Å². The average Bonchev–Trinajstić information content (AvgIpc) is 2.58. The Morgan fingerprint density at radius 1 is 1.25 bits per heavy atom. The van der Waals surface area contributed by atoms with E-state index in [1.165, 1.54) is 24.3 Å². The quantitative estimate of drug-likeness (QED) is 0.777. The number of sulfonamides is 1. The molecule has 1 aromatic heterocycles. The molecule has 2 aromatic rings. The summed E-state index contributed by atoms with van der Waals surface area (Å²) in [4.78, 5) is 3.62. The Bertz CT molecular complexity index is 1090. The van der Waals surface area contributed by atoms with Gasteiger partial charge in [0.1, 0.15) is 6.07 Å². The normalized spacial score (nSPS) is 17.0. The number of aliphatic hydroxyl groups is 1. The van der Waals surface area contributed by atoms with E-state index in [1.54, 1.807) is 13.0 Å². The van der Waals surface area contributed by atoms with Crippen LogP contribution in [0, 0.1) is 24.1 Å².